The molecule has 82 valence electrons. The van der Waals surface area contributed by atoms with Crippen LogP contribution in [-0.4, -0.2) is 6.04 Å². The van der Waals surface area contributed by atoms with Crippen LogP contribution in [0.15, 0.2) is 36.7 Å². The fraction of sp³-hybridized carbons (Fsp3) is 0.385. The van der Waals surface area contributed by atoms with Gasteiger partial charge in [0.15, 0.2) is 0 Å². The first kappa shape index (κ1) is 11.6. The van der Waals surface area contributed by atoms with Gasteiger partial charge in [0.2, 0.25) is 0 Å². The van der Waals surface area contributed by atoms with Gasteiger partial charge in [0.25, 0.3) is 0 Å². The molecule has 0 spiro atoms. The molecule has 0 aliphatic carbocycles. The summed E-state index contributed by atoms with van der Waals surface area (Å²) in [4.78, 5) is 0. The van der Waals surface area contributed by atoms with E-state index in [1.165, 1.54) is 11.1 Å². The summed E-state index contributed by atoms with van der Waals surface area (Å²) < 4.78 is 0. The summed E-state index contributed by atoms with van der Waals surface area (Å²) in [5.74, 6) is 0.550. The first-order valence-corrected chi connectivity index (χ1v) is 5.38. The Kier molecular flexibility index (Phi) is 4.22. The van der Waals surface area contributed by atoms with Crippen LogP contribution >= 0.6 is 0 Å². The van der Waals surface area contributed by atoms with Gasteiger partial charge < -0.3 is 11.1 Å². The van der Waals surface area contributed by atoms with Crippen molar-refractivity contribution in [3.05, 3.63) is 47.8 Å². The van der Waals surface area contributed by atoms with E-state index in [1.807, 2.05) is 0 Å². The second kappa shape index (κ2) is 5.44. The third-order valence-corrected chi connectivity index (χ3v) is 2.49. The van der Waals surface area contributed by atoms with Crippen LogP contribution in [0.2, 0.25) is 0 Å². The molecule has 0 saturated carbocycles. The molecule has 15 heavy (non-hydrogen) atoms. The van der Waals surface area contributed by atoms with Gasteiger partial charge in [0.1, 0.15) is 0 Å². The standard InChI is InChI=1S/C13H20N2/c1-4-13(15-11(3)14)9-12-7-5-10(2)6-8-12/h5-8,13,15H,3-4,9,14H2,1-2H3. The molecule has 1 unspecified atom stereocenters. The average molecular weight is 204 g/mol. The maximum absolute atomic E-state index is 5.54. The van der Waals surface area contributed by atoms with Crippen molar-refractivity contribution in [3.8, 4) is 0 Å². The van der Waals surface area contributed by atoms with Crippen molar-refractivity contribution in [1.82, 2.24) is 5.32 Å². The molecular weight excluding hydrogens is 184 g/mol. The number of aryl methyl sites for hydroxylation is 1. The van der Waals surface area contributed by atoms with Crippen molar-refractivity contribution < 1.29 is 0 Å². The zero-order chi connectivity index (χ0) is 11.3. The predicted octanol–water partition coefficient (Wildman–Crippen LogP) is 2.34. The summed E-state index contributed by atoms with van der Waals surface area (Å²) >= 11 is 0. The van der Waals surface area contributed by atoms with Crippen molar-refractivity contribution >= 4 is 0 Å². The molecule has 0 saturated heterocycles. The lowest BCUT2D eigenvalue weighted by Gasteiger charge is -2.17. The Labute approximate surface area is 92.2 Å². The Hall–Kier alpha value is -1.44. The first-order chi connectivity index (χ1) is 7.11. The Balaban J connectivity index is 2.58. The molecule has 2 nitrogen and oxygen atoms in total. The van der Waals surface area contributed by atoms with E-state index in [9.17, 15) is 0 Å². The number of hydrogen-bond acceptors (Lipinski definition) is 2. The van der Waals surface area contributed by atoms with Crippen LogP contribution in [0.5, 0.6) is 0 Å². The molecule has 0 heterocycles. The first-order valence-electron chi connectivity index (χ1n) is 5.38. The number of nitrogens with one attached hydrogen (secondary N) is 1. The highest BCUT2D eigenvalue weighted by molar-refractivity contribution is 5.22. The summed E-state index contributed by atoms with van der Waals surface area (Å²) in [7, 11) is 0. The van der Waals surface area contributed by atoms with Gasteiger partial charge in [-0.15, -0.1) is 0 Å². The van der Waals surface area contributed by atoms with Crippen LogP contribution in [0.4, 0.5) is 0 Å². The van der Waals surface area contributed by atoms with Crippen LogP contribution in [0, 0.1) is 6.92 Å². The second-order valence-electron chi connectivity index (χ2n) is 3.96. The van der Waals surface area contributed by atoms with E-state index >= 15 is 0 Å². The van der Waals surface area contributed by atoms with Gasteiger partial charge in [-0.1, -0.05) is 43.3 Å². The van der Waals surface area contributed by atoms with Gasteiger partial charge >= 0.3 is 0 Å². The van der Waals surface area contributed by atoms with E-state index in [2.05, 4.69) is 50.0 Å². The monoisotopic (exact) mass is 204 g/mol. The van der Waals surface area contributed by atoms with Crippen molar-refractivity contribution in [2.75, 3.05) is 0 Å². The van der Waals surface area contributed by atoms with Gasteiger partial charge in [0.05, 0.1) is 5.82 Å². The summed E-state index contributed by atoms with van der Waals surface area (Å²) in [6.07, 6.45) is 2.04. The Morgan fingerprint density at radius 2 is 2.00 bits per heavy atom. The summed E-state index contributed by atoms with van der Waals surface area (Å²) in [6, 6.07) is 8.99. The van der Waals surface area contributed by atoms with Crippen LogP contribution in [-0.2, 0) is 6.42 Å². The lowest BCUT2D eigenvalue weighted by molar-refractivity contribution is 0.544. The minimum absolute atomic E-state index is 0.380. The van der Waals surface area contributed by atoms with E-state index in [4.69, 9.17) is 5.73 Å². The van der Waals surface area contributed by atoms with E-state index in [0.29, 0.717) is 11.9 Å². The van der Waals surface area contributed by atoms with Gasteiger partial charge in [-0.3, -0.25) is 0 Å². The molecule has 0 aliphatic rings. The van der Waals surface area contributed by atoms with Gasteiger partial charge in [-0.2, -0.15) is 0 Å². The van der Waals surface area contributed by atoms with Gasteiger partial charge in [0, 0.05) is 6.04 Å². The Morgan fingerprint density at radius 1 is 1.40 bits per heavy atom. The maximum atomic E-state index is 5.54. The zero-order valence-electron chi connectivity index (χ0n) is 9.59. The minimum atomic E-state index is 0.380. The van der Waals surface area contributed by atoms with Crippen molar-refractivity contribution in [3.63, 3.8) is 0 Å². The van der Waals surface area contributed by atoms with Crippen LogP contribution < -0.4 is 11.1 Å². The highest BCUT2D eigenvalue weighted by atomic mass is 15.0. The molecule has 0 aliphatic heterocycles. The molecule has 2 heteroatoms. The van der Waals surface area contributed by atoms with Crippen molar-refractivity contribution in [1.29, 1.82) is 0 Å². The SMILES string of the molecule is C=C(N)NC(CC)Cc1ccc(C)cc1. The quantitative estimate of drug-likeness (QED) is 0.772. The summed E-state index contributed by atoms with van der Waals surface area (Å²) in [6.45, 7) is 7.91. The average Bonchev–Trinajstić information content (AvgIpc) is 2.19. The van der Waals surface area contributed by atoms with Crippen LogP contribution in [0.25, 0.3) is 0 Å². The number of benzene rings is 1. The molecule has 1 atom stereocenters. The molecule has 1 aromatic rings. The number of hydrogen-bond donors (Lipinski definition) is 2. The molecule has 3 N–H and O–H groups in total. The summed E-state index contributed by atoms with van der Waals surface area (Å²) in [5.41, 5.74) is 8.17. The Morgan fingerprint density at radius 3 is 2.47 bits per heavy atom. The second-order valence-corrected chi connectivity index (χ2v) is 3.96. The smallest absolute Gasteiger partial charge is 0.0888 e. The molecule has 0 bridgehead atoms. The highest BCUT2D eigenvalue weighted by Crippen LogP contribution is 2.08. The lowest BCUT2D eigenvalue weighted by atomic mass is 10.0. The topological polar surface area (TPSA) is 38.0 Å². The van der Waals surface area contributed by atoms with Crippen molar-refractivity contribution in [2.24, 2.45) is 5.73 Å². The summed E-state index contributed by atoms with van der Waals surface area (Å²) in [5, 5.41) is 3.18. The van der Waals surface area contributed by atoms with E-state index in [0.717, 1.165) is 12.8 Å². The highest BCUT2D eigenvalue weighted by Gasteiger charge is 2.06. The third-order valence-electron chi connectivity index (χ3n) is 2.49. The maximum Gasteiger partial charge on any atom is 0.0888 e. The fourth-order valence-corrected chi connectivity index (χ4v) is 1.57. The largest absolute Gasteiger partial charge is 0.386 e. The Bertz CT molecular complexity index is 314. The normalized spacial score (nSPS) is 12.1. The zero-order valence-corrected chi connectivity index (χ0v) is 9.59. The molecule has 0 fully saturated rings. The van der Waals surface area contributed by atoms with Gasteiger partial charge in [-0.05, 0) is 25.3 Å². The van der Waals surface area contributed by atoms with Gasteiger partial charge in [-0.25, -0.2) is 0 Å². The van der Waals surface area contributed by atoms with Crippen molar-refractivity contribution in [2.45, 2.75) is 32.7 Å². The number of rotatable bonds is 5. The molecule has 1 rings (SSSR count). The minimum Gasteiger partial charge on any atom is -0.386 e. The van der Waals surface area contributed by atoms with E-state index in [-0.39, 0.29) is 0 Å². The molecule has 0 amide bonds. The predicted molar refractivity (Wildman–Crippen MR) is 65.4 cm³/mol. The molecule has 0 aromatic heterocycles. The third kappa shape index (κ3) is 4.07. The van der Waals surface area contributed by atoms with Crippen LogP contribution in [0.3, 0.4) is 0 Å². The fourth-order valence-electron chi connectivity index (χ4n) is 1.57. The van der Waals surface area contributed by atoms with E-state index < -0.39 is 0 Å². The van der Waals surface area contributed by atoms with Crippen LogP contribution in [0.1, 0.15) is 24.5 Å². The molecule has 1 aromatic carbocycles. The molecule has 0 radical (unpaired) electrons. The number of nitrogens with two attached hydrogens (primary N) is 1. The molecular formula is C13H20N2. The van der Waals surface area contributed by atoms with E-state index in [1.54, 1.807) is 0 Å². The lowest BCUT2D eigenvalue weighted by Crippen LogP contribution is -2.32.